The van der Waals surface area contributed by atoms with Gasteiger partial charge in [0.05, 0.1) is 5.56 Å². The van der Waals surface area contributed by atoms with Crippen molar-refractivity contribution < 1.29 is 32.2 Å². The molecule has 1 aliphatic rings. The first-order valence-corrected chi connectivity index (χ1v) is 9.49. The minimum Gasteiger partial charge on any atom is -0.444 e. The minimum absolute atomic E-state index is 0.0662. The van der Waals surface area contributed by atoms with E-state index in [1.807, 2.05) is 0 Å². The second kappa shape index (κ2) is 7.91. The molecule has 8 heteroatoms. The van der Waals surface area contributed by atoms with Gasteiger partial charge in [0.15, 0.2) is 0 Å². The topological polar surface area (TPSA) is 49.8 Å². The molecule has 0 fully saturated rings. The maximum Gasteiger partial charge on any atom is 0.419 e. The van der Waals surface area contributed by atoms with Crippen molar-refractivity contribution >= 4 is 6.09 Å². The molecule has 0 aliphatic carbocycles. The third-order valence-corrected chi connectivity index (χ3v) is 4.82. The van der Waals surface area contributed by atoms with Crippen molar-refractivity contribution in [3.05, 3.63) is 70.0 Å². The van der Waals surface area contributed by atoms with E-state index in [1.165, 1.54) is 0 Å². The Bertz CT molecular complexity index is 950. The van der Waals surface area contributed by atoms with Gasteiger partial charge in [0.25, 0.3) is 0 Å². The molecule has 0 aromatic heterocycles. The van der Waals surface area contributed by atoms with Gasteiger partial charge in [-0.3, -0.25) is 0 Å². The normalized spacial score (nSPS) is 15.5. The lowest BCUT2D eigenvalue weighted by molar-refractivity contribution is -0.140. The molecule has 3 rings (SSSR count). The van der Waals surface area contributed by atoms with E-state index in [-0.39, 0.29) is 12.1 Å². The molecule has 1 N–H and O–H groups in total. The third-order valence-electron chi connectivity index (χ3n) is 4.82. The van der Waals surface area contributed by atoms with Crippen LogP contribution in [0.25, 0.3) is 0 Å². The second-order valence-electron chi connectivity index (χ2n) is 8.32. The summed E-state index contributed by atoms with van der Waals surface area (Å²) in [4.78, 5) is 13.9. The summed E-state index contributed by atoms with van der Waals surface area (Å²) in [6, 6.07) is 7.52. The molecule has 2 aromatic carbocycles. The quantitative estimate of drug-likeness (QED) is 0.672. The number of rotatable bonds is 2. The van der Waals surface area contributed by atoms with Gasteiger partial charge < -0.3 is 14.7 Å². The fourth-order valence-corrected chi connectivity index (χ4v) is 3.35. The second-order valence-corrected chi connectivity index (χ2v) is 8.32. The Labute approximate surface area is 172 Å². The standard InChI is InChI=1S/C22H23F4NO3/c1-21(2,3)30-20(29)27-9-8-13-4-5-14(10-16(13)12-27)19(28)15-6-7-18(23)17(11-15)22(24,25)26/h4-7,10-11,19,28H,8-9,12H2,1-3H3. The van der Waals surface area contributed by atoms with Crippen LogP contribution in [0.4, 0.5) is 22.4 Å². The van der Waals surface area contributed by atoms with E-state index >= 15 is 0 Å². The van der Waals surface area contributed by atoms with Gasteiger partial charge in [0, 0.05) is 13.1 Å². The zero-order valence-corrected chi connectivity index (χ0v) is 16.9. The van der Waals surface area contributed by atoms with Crippen LogP contribution < -0.4 is 0 Å². The molecule has 30 heavy (non-hydrogen) atoms. The van der Waals surface area contributed by atoms with Crippen molar-refractivity contribution in [1.82, 2.24) is 4.90 Å². The van der Waals surface area contributed by atoms with Gasteiger partial charge >= 0.3 is 12.3 Å². The minimum atomic E-state index is -4.86. The molecule has 4 nitrogen and oxygen atoms in total. The Morgan fingerprint density at radius 1 is 1.07 bits per heavy atom. The number of carbonyl (C=O) groups excluding carboxylic acids is 1. The molecule has 1 atom stereocenters. The van der Waals surface area contributed by atoms with E-state index in [0.717, 1.165) is 17.2 Å². The monoisotopic (exact) mass is 425 g/mol. The average Bonchev–Trinajstić information content (AvgIpc) is 2.64. The molecule has 1 heterocycles. The van der Waals surface area contributed by atoms with E-state index in [4.69, 9.17) is 4.74 Å². The van der Waals surface area contributed by atoms with E-state index in [0.29, 0.717) is 30.7 Å². The van der Waals surface area contributed by atoms with Crippen molar-refractivity contribution in [3.63, 3.8) is 0 Å². The van der Waals surface area contributed by atoms with Gasteiger partial charge in [-0.15, -0.1) is 0 Å². The van der Waals surface area contributed by atoms with Crippen LogP contribution in [0.2, 0.25) is 0 Å². The zero-order chi connectivity index (χ0) is 22.3. The largest absolute Gasteiger partial charge is 0.444 e. The summed E-state index contributed by atoms with van der Waals surface area (Å²) in [5.41, 5.74) is 0.00698. The molecule has 1 amide bonds. The predicted octanol–water partition coefficient (Wildman–Crippen LogP) is 5.22. The summed E-state index contributed by atoms with van der Waals surface area (Å²) in [7, 11) is 0. The maximum atomic E-state index is 13.5. The summed E-state index contributed by atoms with van der Waals surface area (Å²) < 4.78 is 57.9. The van der Waals surface area contributed by atoms with Gasteiger partial charge in [-0.05, 0) is 61.6 Å². The molecular formula is C22H23F4NO3. The lowest BCUT2D eigenvalue weighted by Gasteiger charge is -2.31. The fraction of sp³-hybridized carbons (Fsp3) is 0.409. The van der Waals surface area contributed by atoms with Crippen LogP contribution in [0.5, 0.6) is 0 Å². The van der Waals surface area contributed by atoms with Crippen LogP contribution in [-0.4, -0.2) is 28.2 Å². The third kappa shape index (κ3) is 4.92. The number of nitrogens with zero attached hydrogens (tertiary/aromatic N) is 1. The van der Waals surface area contributed by atoms with E-state index in [1.54, 1.807) is 43.9 Å². The highest BCUT2D eigenvalue weighted by Crippen LogP contribution is 2.35. The highest BCUT2D eigenvalue weighted by molar-refractivity contribution is 5.68. The summed E-state index contributed by atoms with van der Waals surface area (Å²) in [5.74, 6) is -1.39. The Morgan fingerprint density at radius 3 is 2.33 bits per heavy atom. The average molecular weight is 425 g/mol. The van der Waals surface area contributed by atoms with Gasteiger partial charge in [-0.1, -0.05) is 24.3 Å². The summed E-state index contributed by atoms with van der Waals surface area (Å²) in [6.45, 7) is 6.07. The van der Waals surface area contributed by atoms with Crippen LogP contribution in [-0.2, 0) is 23.9 Å². The number of hydrogen-bond donors (Lipinski definition) is 1. The molecule has 162 valence electrons. The number of amides is 1. The number of alkyl halides is 3. The van der Waals surface area contributed by atoms with Crippen LogP contribution in [0, 0.1) is 5.82 Å². The van der Waals surface area contributed by atoms with Crippen molar-refractivity contribution in [2.75, 3.05) is 6.54 Å². The van der Waals surface area contributed by atoms with Gasteiger partial charge in [-0.25, -0.2) is 9.18 Å². The van der Waals surface area contributed by atoms with E-state index in [2.05, 4.69) is 0 Å². The number of halogens is 4. The van der Waals surface area contributed by atoms with Gasteiger partial charge in [0.2, 0.25) is 0 Å². The van der Waals surface area contributed by atoms with Crippen molar-refractivity contribution in [3.8, 4) is 0 Å². The Kier molecular flexibility index (Phi) is 5.82. The van der Waals surface area contributed by atoms with Crippen molar-refractivity contribution in [1.29, 1.82) is 0 Å². The number of hydrogen-bond acceptors (Lipinski definition) is 3. The molecule has 0 bridgehead atoms. The van der Waals surface area contributed by atoms with E-state index < -0.39 is 35.4 Å². The van der Waals surface area contributed by atoms with Gasteiger partial charge in [-0.2, -0.15) is 13.2 Å². The lowest BCUT2D eigenvalue weighted by atomic mass is 9.93. The molecule has 0 radical (unpaired) electrons. The number of benzene rings is 2. The Hall–Kier alpha value is -2.61. The summed E-state index contributed by atoms with van der Waals surface area (Å²) >= 11 is 0. The maximum absolute atomic E-state index is 13.5. The van der Waals surface area contributed by atoms with Crippen LogP contribution in [0.1, 0.15) is 54.7 Å². The molecular weight excluding hydrogens is 402 g/mol. The molecule has 0 spiro atoms. The van der Waals surface area contributed by atoms with Crippen LogP contribution >= 0.6 is 0 Å². The smallest absolute Gasteiger partial charge is 0.419 e. The first kappa shape index (κ1) is 22.1. The predicted molar refractivity (Wildman–Crippen MR) is 102 cm³/mol. The fourth-order valence-electron chi connectivity index (χ4n) is 3.35. The first-order valence-electron chi connectivity index (χ1n) is 9.49. The summed E-state index contributed by atoms with van der Waals surface area (Å²) in [5, 5.41) is 10.6. The summed E-state index contributed by atoms with van der Waals surface area (Å²) in [6.07, 6.45) is -6.08. The zero-order valence-electron chi connectivity index (χ0n) is 16.9. The number of ether oxygens (including phenoxy) is 1. The Morgan fingerprint density at radius 2 is 1.70 bits per heavy atom. The lowest BCUT2D eigenvalue weighted by Crippen LogP contribution is -2.39. The van der Waals surface area contributed by atoms with E-state index in [9.17, 15) is 27.5 Å². The van der Waals surface area contributed by atoms with Crippen LogP contribution in [0.15, 0.2) is 36.4 Å². The Balaban J connectivity index is 1.85. The van der Waals surface area contributed by atoms with Crippen molar-refractivity contribution in [2.45, 2.75) is 51.6 Å². The molecule has 1 unspecified atom stereocenters. The number of aliphatic hydroxyl groups excluding tert-OH is 1. The van der Waals surface area contributed by atoms with Crippen molar-refractivity contribution in [2.24, 2.45) is 0 Å². The highest BCUT2D eigenvalue weighted by Gasteiger charge is 2.35. The molecule has 0 saturated heterocycles. The molecule has 1 aliphatic heterocycles. The number of aliphatic hydroxyl groups is 1. The highest BCUT2D eigenvalue weighted by atomic mass is 19.4. The number of carbonyl (C=O) groups is 1. The van der Waals surface area contributed by atoms with Gasteiger partial charge in [0.1, 0.15) is 17.5 Å². The first-order chi connectivity index (χ1) is 13.8. The number of fused-ring (bicyclic) bond motifs is 1. The molecule has 2 aromatic rings. The SMILES string of the molecule is CC(C)(C)OC(=O)N1CCc2ccc(C(O)c3ccc(F)c(C(F)(F)F)c3)cc2C1. The molecule has 0 saturated carbocycles. The van der Waals surface area contributed by atoms with Crippen LogP contribution in [0.3, 0.4) is 0 Å².